The first kappa shape index (κ1) is 22.1. The maximum Gasteiger partial charge on any atom is 0.271 e. The largest absolute Gasteiger partial charge is 0.306 e. The molecule has 0 aliphatic rings. The van der Waals surface area contributed by atoms with Crippen LogP contribution in [0.2, 0.25) is 0 Å². The first-order valence-electron chi connectivity index (χ1n) is 9.19. The Labute approximate surface area is 179 Å². The van der Waals surface area contributed by atoms with Crippen LogP contribution in [0.4, 0.5) is 11.5 Å². The van der Waals surface area contributed by atoms with E-state index >= 15 is 0 Å². The van der Waals surface area contributed by atoms with Gasteiger partial charge in [0.1, 0.15) is 5.82 Å². The highest BCUT2D eigenvalue weighted by molar-refractivity contribution is 7.90. The van der Waals surface area contributed by atoms with Gasteiger partial charge in [-0.25, -0.2) is 13.4 Å². The molecule has 0 saturated heterocycles. The lowest BCUT2D eigenvalue weighted by molar-refractivity contribution is -0.385. The van der Waals surface area contributed by atoms with Crippen molar-refractivity contribution in [3.63, 3.8) is 0 Å². The molecule has 3 rings (SSSR count). The second kappa shape index (κ2) is 7.91. The Bertz CT molecular complexity index is 1260. The van der Waals surface area contributed by atoms with E-state index in [0.29, 0.717) is 17.3 Å². The molecule has 0 aliphatic carbocycles. The van der Waals surface area contributed by atoms with E-state index in [2.05, 4.69) is 15.4 Å². The van der Waals surface area contributed by atoms with Crippen molar-refractivity contribution in [2.45, 2.75) is 31.1 Å². The number of aromatic nitrogens is 3. The molecule has 162 valence electrons. The highest BCUT2D eigenvalue weighted by atomic mass is 32.2. The van der Waals surface area contributed by atoms with Gasteiger partial charge in [0.25, 0.3) is 11.6 Å². The van der Waals surface area contributed by atoms with E-state index in [1.807, 2.05) is 20.8 Å². The van der Waals surface area contributed by atoms with Crippen LogP contribution in [0.25, 0.3) is 5.82 Å². The average molecular weight is 443 g/mol. The summed E-state index contributed by atoms with van der Waals surface area (Å²) in [6.45, 7) is 5.88. The Morgan fingerprint density at radius 3 is 2.42 bits per heavy atom. The first-order valence-corrected chi connectivity index (χ1v) is 11.1. The number of anilines is 1. The number of sulfone groups is 1. The molecule has 31 heavy (non-hydrogen) atoms. The fraction of sp³-hybridized carbons (Fsp3) is 0.250. The summed E-state index contributed by atoms with van der Waals surface area (Å²) in [6, 6.07) is 9.95. The highest BCUT2D eigenvalue weighted by Crippen LogP contribution is 2.27. The van der Waals surface area contributed by atoms with Crippen LogP contribution in [-0.4, -0.2) is 40.3 Å². The number of nitrogens with zero attached hydrogens (tertiary/aromatic N) is 4. The van der Waals surface area contributed by atoms with Crippen LogP contribution in [0.3, 0.4) is 0 Å². The summed E-state index contributed by atoms with van der Waals surface area (Å²) in [5.74, 6) is 0.0383. The van der Waals surface area contributed by atoms with E-state index in [4.69, 9.17) is 0 Å². The number of non-ortho nitro benzene ring substituents is 1. The third kappa shape index (κ3) is 4.94. The molecule has 1 amide bonds. The molecule has 0 unspecified atom stereocenters. The van der Waals surface area contributed by atoms with Gasteiger partial charge in [-0.3, -0.25) is 14.9 Å². The van der Waals surface area contributed by atoms with Crippen LogP contribution in [0.15, 0.2) is 53.6 Å². The number of hydrogen-bond acceptors (Lipinski definition) is 7. The number of pyridine rings is 1. The minimum absolute atomic E-state index is 0.166. The molecule has 1 N–H and O–H groups in total. The van der Waals surface area contributed by atoms with Crippen LogP contribution >= 0.6 is 0 Å². The van der Waals surface area contributed by atoms with E-state index < -0.39 is 26.4 Å². The Morgan fingerprint density at radius 2 is 1.87 bits per heavy atom. The summed E-state index contributed by atoms with van der Waals surface area (Å²) in [5, 5.41) is 18.4. The Morgan fingerprint density at radius 1 is 1.16 bits per heavy atom. The monoisotopic (exact) mass is 443 g/mol. The predicted octanol–water partition coefficient (Wildman–Crippen LogP) is 3.13. The van der Waals surface area contributed by atoms with Crippen molar-refractivity contribution in [1.29, 1.82) is 0 Å². The smallest absolute Gasteiger partial charge is 0.271 e. The van der Waals surface area contributed by atoms with Crippen molar-refractivity contribution in [2.75, 3.05) is 11.6 Å². The lowest BCUT2D eigenvalue weighted by Crippen LogP contribution is -2.16. The van der Waals surface area contributed by atoms with E-state index in [1.165, 1.54) is 4.68 Å². The number of nitrogens with one attached hydrogen (secondary N) is 1. The summed E-state index contributed by atoms with van der Waals surface area (Å²) in [7, 11) is -3.77. The number of carbonyl (C=O) groups excluding carboxylic acids is 1. The summed E-state index contributed by atoms with van der Waals surface area (Å²) in [5.41, 5.74) is -0.305. The van der Waals surface area contributed by atoms with Gasteiger partial charge >= 0.3 is 0 Å². The zero-order chi connectivity index (χ0) is 23.0. The zero-order valence-electron chi connectivity index (χ0n) is 17.4. The van der Waals surface area contributed by atoms with E-state index in [0.717, 1.165) is 24.5 Å². The predicted molar refractivity (Wildman–Crippen MR) is 114 cm³/mol. The molecular weight excluding hydrogens is 422 g/mol. The Balaban J connectivity index is 2.07. The van der Waals surface area contributed by atoms with Crippen molar-refractivity contribution in [3.05, 3.63) is 70.0 Å². The molecule has 11 heteroatoms. The molecule has 2 aromatic heterocycles. The lowest BCUT2D eigenvalue weighted by Gasteiger charge is -2.13. The molecule has 0 saturated carbocycles. The Hall–Kier alpha value is -3.60. The van der Waals surface area contributed by atoms with Crippen molar-refractivity contribution < 1.29 is 18.1 Å². The molecule has 0 atom stereocenters. The zero-order valence-corrected chi connectivity index (χ0v) is 18.2. The third-order valence-electron chi connectivity index (χ3n) is 4.38. The van der Waals surface area contributed by atoms with Crippen LogP contribution in [0, 0.1) is 10.1 Å². The molecule has 10 nitrogen and oxygen atoms in total. The van der Waals surface area contributed by atoms with Crippen molar-refractivity contribution in [3.8, 4) is 5.82 Å². The van der Waals surface area contributed by atoms with Gasteiger partial charge in [-0.2, -0.15) is 9.78 Å². The number of hydrogen-bond donors (Lipinski definition) is 1. The summed E-state index contributed by atoms with van der Waals surface area (Å²) in [4.78, 5) is 27.3. The van der Waals surface area contributed by atoms with Gasteiger partial charge in [0.05, 0.1) is 15.5 Å². The van der Waals surface area contributed by atoms with E-state index in [9.17, 15) is 23.3 Å². The quantitative estimate of drug-likeness (QED) is 0.472. The second-order valence-corrected chi connectivity index (χ2v) is 9.98. The molecule has 3 aromatic rings. The molecule has 1 aromatic carbocycles. The van der Waals surface area contributed by atoms with Gasteiger partial charge < -0.3 is 5.32 Å². The molecule has 0 radical (unpaired) electrons. The number of amides is 1. The first-order chi connectivity index (χ1) is 14.4. The fourth-order valence-electron chi connectivity index (χ4n) is 2.71. The standard InChI is InChI=1S/C20H21N5O5S/c1-20(2,3)16-12-18(24(23-16)17-7-5-6-8-21-17)22-19(26)13-9-14(25(27)28)11-15(10-13)31(4,29)30/h5-12H,1-4H3,(H,22,26). The average Bonchev–Trinajstić information content (AvgIpc) is 3.12. The highest BCUT2D eigenvalue weighted by Gasteiger charge is 2.24. The topological polar surface area (TPSA) is 137 Å². The van der Waals surface area contributed by atoms with Gasteiger partial charge in [0.15, 0.2) is 15.7 Å². The maximum atomic E-state index is 12.9. The second-order valence-electron chi connectivity index (χ2n) is 7.96. The van der Waals surface area contributed by atoms with E-state index in [1.54, 1.807) is 30.5 Å². The van der Waals surface area contributed by atoms with Gasteiger partial charge in [0, 0.05) is 41.6 Å². The number of carbonyl (C=O) groups is 1. The number of nitro groups is 1. The summed E-state index contributed by atoms with van der Waals surface area (Å²) in [6.07, 6.45) is 2.50. The number of rotatable bonds is 5. The summed E-state index contributed by atoms with van der Waals surface area (Å²) < 4.78 is 25.3. The molecule has 0 spiro atoms. The van der Waals surface area contributed by atoms with Crippen LogP contribution < -0.4 is 5.32 Å². The van der Waals surface area contributed by atoms with Crippen LogP contribution in [-0.2, 0) is 15.3 Å². The SMILES string of the molecule is CC(C)(C)c1cc(NC(=O)c2cc([N+](=O)[O-])cc(S(C)(=O)=O)c2)n(-c2ccccn2)n1. The van der Waals surface area contributed by atoms with E-state index in [-0.39, 0.29) is 15.9 Å². The van der Waals surface area contributed by atoms with Crippen LogP contribution in [0.1, 0.15) is 36.8 Å². The van der Waals surface area contributed by atoms with Gasteiger partial charge in [-0.15, -0.1) is 0 Å². The summed E-state index contributed by atoms with van der Waals surface area (Å²) >= 11 is 0. The van der Waals surface area contributed by atoms with Crippen molar-refractivity contribution in [1.82, 2.24) is 14.8 Å². The van der Waals surface area contributed by atoms with Crippen molar-refractivity contribution >= 4 is 27.2 Å². The molecular formula is C20H21N5O5S. The fourth-order valence-corrected chi connectivity index (χ4v) is 3.39. The normalized spacial score (nSPS) is 11.9. The van der Waals surface area contributed by atoms with Gasteiger partial charge in [0.2, 0.25) is 0 Å². The number of nitro benzene ring substituents is 1. The minimum atomic E-state index is -3.77. The Kier molecular flexibility index (Phi) is 5.64. The van der Waals surface area contributed by atoms with Crippen molar-refractivity contribution in [2.24, 2.45) is 0 Å². The van der Waals surface area contributed by atoms with Gasteiger partial charge in [-0.1, -0.05) is 26.8 Å². The lowest BCUT2D eigenvalue weighted by atomic mass is 9.92. The maximum absolute atomic E-state index is 12.9. The van der Waals surface area contributed by atoms with Crippen LogP contribution in [0.5, 0.6) is 0 Å². The molecule has 0 fully saturated rings. The molecule has 0 aliphatic heterocycles. The number of benzene rings is 1. The molecule has 2 heterocycles. The third-order valence-corrected chi connectivity index (χ3v) is 5.47. The molecule has 0 bridgehead atoms. The van der Waals surface area contributed by atoms with Gasteiger partial charge in [-0.05, 0) is 18.2 Å². The minimum Gasteiger partial charge on any atom is -0.306 e.